The van der Waals surface area contributed by atoms with E-state index < -0.39 is 6.10 Å². The number of aromatic nitrogens is 2. The van der Waals surface area contributed by atoms with Crippen molar-refractivity contribution in [3.63, 3.8) is 0 Å². The summed E-state index contributed by atoms with van der Waals surface area (Å²) in [5.41, 5.74) is 2.68. The van der Waals surface area contributed by atoms with Crippen LogP contribution in [-0.4, -0.2) is 46.1 Å². The van der Waals surface area contributed by atoms with Gasteiger partial charge in [-0.2, -0.15) is 5.10 Å². The fraction of sp³-hybridized carbons (Fsp3) is 0.438. The van der Waals surface area contributed by atoms with Crippen LogP contribution in [0.3, 0.4) is 0 Å². The van der Waals surface area contributed by atoms with Crippen molar-refractivity contribution in [2.75, 3.05) is 20.2 Å². The highest BCUT2D eigenvalue weighted by atomic mass is 16.5. The highest BCUT2D eigenvalue weighted by molar-refractivity contribution is 5.37. The van der Waals surface area contributed by atoms with Crippen molar-refractivity contribution >= 4 is 0 Å². The number of aliphatic hydroxyl groups excluding tert-OH is 1. The van der Waals surface area contributed by atoms with Gasteiger partial charge >= 0.3 is 0 Å². The largest absolute Gasteiger partial charge is 0.497 e. The first-order chi connectivity index (χ1) is 10.2. The zero-order valence-corrected chi connectivity index (χ0v) is 12.3. The van der Waals surface area contributed by atoms with Crippen LogP contribution in [0.25, 0.3) is 0 Å². The Morgan fingerprint density at radius 3 is 3.00 bits per heavy atom. The topological polar surface area (TPSA) is 50.5 Å². The van der Waals surface area contributed by atoms with Crippen LogP contribution in [0.15, 0.2) is 36.7 Å². The lowest BCUT2D eigenvalue weighted by molar-refractivity contribution is 0.0888. The van der Waals surface area contributed by atoms with Gasteiger partial charge in [0.1, 0.15) is 5.75 Å². The Morgan fingerprint density at radius 1 is 1.33 bits per heavy atom. The molecule has 2 heterocycles. The summed E-state index contributed by atoms with van der Waals surface area (Å²) < 4.78 is 7.06. The molecular formula is C16H21N3O2. The summed E-state index contributed by atoms with van der Waals surface area (Å²) in [4.78, 5) is 2.29. The molecule has 0 saturated carbocycles. The van der Waals surface area contributed by atoms with E-state index in [4.69, 9.17) is 4.74 Å². The van der Waals surface area contributed by atoms with Crippen molar-refractivity contribution < 1.29 is 9.84 Å². The van der Waals surface area contributed by atoms with Crippen LogP contribution >= 0.6 is 0 Å². The van der Waals surface area contributed by atoms with E-state index in [9.17, 15) is 5.11 Å². The fourth-order valence-electron chi connectivity index (χ4n) is 2.85. The Kier molecular flexibility index (Phi) is 4.22. The number of fused-ring (bicyclic) bond motifs is 1. The van der Waals surface area contributed by atoms with Gasteiger partial charge < -0.3 is 9.84 Å². The maximum absolute atomic E-state index is 10.2. The van der Waals surface area contributed by atoms with E-state index in [0.29, 0.717) is 13.1 Å². The maximum Gasteiger partial charge on any atom is 0.119 e. The van der Waals surface area contributed by atoms with E-state index >= 15 is 0 Å². The average molecular weight is 287 g/mol. The van der Waals surface area contributed by atoms with Crippen molar-refractivity contribution in [2.24, 2.45) is 0 Å². The number of aliphatic hydroxyl groups is 1. The van der Waals surface area contributed by atoms with Crippen LogP contribution in [0, 0.1) is 0 Å². The molecule has 0 radical (unpaired) electrons. The summed E-state index contributed by atoms with van der Waals surface area (Å²) >= 11 is 0. The number of hydrogen-bond donors (Lipinski definition) is 1. The molecule has 21 heavy (non-hydrogen) atoms. The van der Waals surface area contributed by atoms with Crippen LogP contribution in [0.1, 0.15) is 11.1 Å². The van der Waals surface area contributed by atoms with E-state index in [-0.39, 0.29) is 0 Å². The number of nitrogens with zero attached hydrogens (tertiary/aromatic N) is 3. The molecule has 1 N–H and O–H groups in total. The van der Waals surface area contributed by atoms with E-state index in [1.165, 1.54) is 11.1 Å². The first kappa shape index (κ1) is 14.1. The smallest absolute Gasteiger partial charge is 0.119 e. The molecule has 5 nitrogen and oxygen atoms in total. The van der Waals surface area contributed by atoms with Gasteiger partial charge in [0.15, 0.2) is 0 Å². The normalized spacial score (nSPS) is 16.5. The van der Waals surface area contributed by atoms with Crippen molar-refractivity contribution in [1.82, 2.24) is 14.7 Å². The summed E-state index contributed by atoms with van der Waals surface area (Å²) in [6, 6.07) is 8.13. The molecule has 1 aliphatic rings. The van der Waals surface area contributed by atoms with Crippen molar-refractivity contribution in [3.05, 3.63) is 47.8 Å². The van der Waals surface area contributed by atoms with E-state index in [1.54, 1.807) is 18.0 Å². The van der Waals surface area contributed by atoms with Gasteiger partial charge in [0, 0.05) is 32.0 Å². The molecule has 0 saturated heterocycles. The highest BCUT2D eigenvalue weighted by Gasteiger charge is 2.19. The number of β-amino-alcohol motifs (C(OH)–C–C–N with tert-alkyl or cyclic N) is 1. The molecule has 0 amide bonds. The van der Waals surface area contributed by atoms with Gasteiger partial charge in [-0.05, 0) is 35.7 Å². The predicted octanol–water partition coefficient (Wildman–Crippen LogP) is 1.31. The predicted molar refractivity (Wildman–Crippen MR) is 80.2 cm³/mol. The lowest BCUT2D eigenvalue weighted by Gasteiger charge is -2.30. The molecule has 0 fully saturated rings. The van der Waals surface area contributed by atoms with Crippen LogP contribution in [-0.2, 0) is 19.5 Å². The Balaban J connectivity index is 1.60. The third-order valence-corrected chi connectivity index (χ3v) is 3.93. The lowest BCUT2D eigenvalue weighted by atomic mass is 9.99. The molecule has 1 unspecified atom stereocenters. The van der Waals surface area contributed by atoms with E-state index in [2.05, 4.69) is 22.1 Å². The second-order valence-corrected chi connectivity index (χ2v) is 5.50. The molecule has 112 valence electrons. The quantitative estimate of drug-likeness (QED) is 0.901. The van der Waals surface area contributed by atoms with Crippen LogP contribution in [0.5, 0.6) is 5.75 Å². The zero-order chi connectivity index (χ0) is 14.7. The highest BCUT2D eigenvalue weighted by Crippen LogP contribution is 2.23. The molecule has 1 atom stereocenters. The number of benzene rings is 1. The summed E-state index contributed by atoms with van der Waals surface area (Å²) in [6.45, 7) is 3.04. The van der Waals surface area contributed by atoms with Gasteiger partial charge in [0.25, 0.3) is 0 Å². The lowest BCUT2D eigenvalue weighted by Crippen LogP contribution is -2.38. The summed E-state index contributed by atoms with van der Waals surface area (Å²) in [6.07, 6.45) is 4.22. The third kappa shape index (κ3) is 3.43. The van der Waals surface area contributed by atoms with Gasteiger partial charge in [0.2, 0.25) is 0 Å². The van der Waals surface area contributed by atoms with Crippen molar-refractivity contribution in [1.29, 1.82) is 0 Å². The SMILES string of the molecule is COc1ccc2c(c1)CN(CC(O)Cn1cccn1)CC2. The molecule has 2 aromatic rings. The van der Waals surface area contributed by atoms with Crippen LogP contribution < -0.4 is 4.74 Å². The molecule has 1 aliphatic heterocycles. The average Bonchev–Trinajstić information content (AvgIpc) is 2.99. The van der Waals surface area contributed by atoms with Crippen molar-refractivity contribution in [2.45, 2.75) is 25.6 Å². The number of rotatable bonds is 5. The number of methoxy groups -OCH3 is 1. The van der Waals surface area contributed by atoms with E-state index in [1.807, 2.05) is 18.3 Å². The molecule has 1 aromatic heterocycles. The Labute approximate surface area is 124 Å². The van der Waals surface area contributed by atoms with Gasteiger partial charge in [-0.25, -0.2) is 0 Å². The van der Waals surface area contributed by atoms with Gasteiger partial charge in [-0.1, -0.05) is 6.07 Å². The number of hydrogen-bond acceptors (Lipinski definition) is 4. The zero-order valence-electron chi connectivity index (χ0n) is 12.3. The molecule has 0 spiro atoms. The first-order valence-corrected chi connectivity index (χ1v) is 7.28. The monoisotopic (exact) mass is 287 g/mol. The van der Waals surface area contributed by atoms with Crippen LogP contribution in [0.2, 0.25) is 0 Å². The van der Waals surface area contributed by atoms with Crippen molar-refractivity contribution in [3.8, 4) is 5.75 Å². The van der Waals surface area contributed by atoms with Gasteiger partial charge in [-0.3, -0.25) is 9.58 Å². The summed E-state index contributed by atoms with van der Waals surface area (Å²) in [5.74, 6) is 0.896. The van der Waals surface area contributed by atoms with Crippen LogP contribution in [0.4, 0.5) is 0 Å². The first-order valence-electron chi connectivity index (χ1n) is 7.28. The second-order valence-electron chi connectivity index (χ2n) is 5.50. The molecule has 3 rings (SSSR count). The molecule has 0 aliphatic carbocycles. The minimum absolute atomic E-state index is 0.406. The minimum Gasteiger partial charge on any atom is -0.497 e. The Hall–Kier alpha value is -1.85. The van der Waals surface area contributed by atoms with Gasteiger partial charge in [0.05, 0.1) is 19.8 Å². The maximum atomic E-state index is 10.2. The molecule has 0 bridgehead atoms. The van der Waals surface area contributed by atoms with E-state index in [0.717, 1.165) is 25.3 Å². The number of ether oxygens (including phenoxy) is 1. The molecular weight excluding hydrogens is 266 g/mol. The Morgan fingerprint density at radius 2 is 2.24 bits per heavy atom. The summed E-state index contributed by atoms with van der Waals surface area (Å²) in [7, 11) is 1.69. The second kappa shape index (κ2) is 6.28. The molecule has 1 aromatic carbocycles. The standard InChI is InChI=1S/C16H21N3O2/c1-21-16-4-3-13-5-8-18(10-14(13)9-16)11-15(20)12-19-7-2-6-17-19/h2-4,6-7,9,15,20H,5,8,10-12H2,1H3. The fourth-order valence-corrected chi connectivity index (χ4v) is 2.85. The third-order valence-electron chi connectivity index (χ3n) is 3.93. The molecule has 5 heteroatoms. The summed E-state index contributed by atoms with van der Waals surface area (Å²) in [5, 5.41) is 14.3. The Bertz CT molecular complexity index is 583. The van der Waals surface area contributed by atoms with Gasteiger partial charge in [-0.15, -0.1) is 0 Å². The minimum atomic E-state index is -0.406.